The molecule has 0 N–H and O–H groups in total. The number of hydrogen-bond acceptors (Lipinski definition) is 2. The van der Waals surface area contributed by atoms with Crippen LogP contribution in [0.15, 0.2) is 72.8 Å². The molecule has 1 fully saturated rings. The highest BCUT2D eigenvalue weighted by Crippen LogP contribution is 2.52. The predicted octanol–water partition coefficient (Wildman–Crippen LogP) is 9.56. The molecule has 7 rings (SSSR count). The zero-order chi connectivity index (χ0) is 30.9. The average Bonchev–Trinajstić information content (AvgIpc) is 3.40. The lowest BCUT2D eigenvalue weighted by molar-refractivity contribution is 0.00578. The van der Waals surface area contributed by atoms with E-state index in [1.54, 1.807) is 0 Å². The molecule has 0 aromatic heterocycles. The Morgan fingerprint density at radius 1 is 0.488 bits per heavy atom. The molecule has 0 atom stereocenters. The van der Waals surface area contributed by atoms with Gasteiger partial charge in [-0.3, -0.25) is 0 Å². The van der Waals surface area contributed by atoms with Crippen molar-refractivity contribution in [2.75, 3.05) is 0 Å². The van der Waals surface area contributed by atoms with Crippen LogP contribution in [-0.4, -0.2) is 18.3 Å². The van der Waals surface area contributed by atoms with E-state index in [1.165, 1.54) is 61.2 Å². The fourth-order valence-electron chi connectivity index (χ4n) is 7.44. The summed E-state index contributed by atoms with van der Waals surface area (Å²) in [5.41, 5.74) is 15.2. The lowest BCUT2D eigenvalue weighted by Crippen LogP contribution is -2.41. The largest absolute Gasteiger partial charge is 0.494 e. The van der Waals surface area contributed by atoms with E-state index in [9.17, 15) is 0 Å². The normalized spacial score (nSPS) is 20.0. The van der Waals surface area contributed by atoms with Crippen LogP contribution in [0.3, 0.4) is 0 Å². The molecular weight excluding hydrogens is 523 g/mol. The van der Waals surface area contributed by atoms with E-state index in [0.717, 1.165) is 5.46 Å². The highest BCUT2D eigenvalue weighted by molar-refractivity contribution is 6.62. The molecule has 3 aliphatic rings. The van der Waals surface area contributed by atoms with E-state index < -0.39 is 0 Å². The van der Waals surface area contributed by atoms with Crippen molar-refractivity contribution in [2.24, 2.45) is 0 Å². The molecular formula is C40H45BO2. The Hall–Kier alpha value is -3.14. The Kier molecular flexibility index (Phi) is 5.82. The molecule has 1 saturated heterocycles. The van der Waals surface area contributed by atoms with Crippen molar-refractivity contribution >= 4 is 12.6 Å². The van der Waals surface area contributed by atoms with Crippen molar-refractivity contribution in [2.45, 2.75) is 104 Å². The number of benzene rings is 4. The molecule has 0 unspecified atom stereocenters. The summed E-state index contributed by atoms with van der Waals surface area (Å²) in [6.45, 7) is 24.8. The first-order valence-corrected chi connectivity index (χ1v) is 15.9. The average molecular weight is 569 g/mol. The van der Waals surface area contributed by atoms with Crippen molar-refractivity contribution in [3.05, 3.63) is 101 Å². The second-order valence-corrected chi connectivity index (χ2v) is 16.2. The Bertz CT molecular complexity index is 1800. The van der Waals surface area contributed by atoms with Gasteiger partial charge in [-0.2, -0.15) is 0 Å². The second-order valence-electron chi connectivity index (χ2n) is 16.2. The third-order valence-electron chi connectivity index (χ3n) is 11.1. The summed E-state index contributed by atoms with van der Waals surface area (Å²) in [5, 5.41) is 0. The molecule has 0 saturated carbocycles. The lowest BCUT2D eigenvalue weighted by atomic mass is 9.74. The van der Waals surface area contributed by atoms with Gasteiger partial charge < -0.3 is 9.31 Å². The van der Waals surface area contributed by atoms with Gasteiger partial charge in [0.15, 0.2) is 0 Å². The molecule has 1 aliphatic heterocycles. The van der Waals surface area contributed by atoms with Crippen molar-refractivity contribution in [3.8, 4) is 33.4 Å². The molecule has 0 bridgehead atoms. The van der Waals surface area contributed by atoms with Gasteiger partial charge in [-0.25, -0.2) is 0 Å². The molecule has 43 heavy (non-hydrogen) atoms. The van der Waals surface area contributed by atoms with E-state index >= 15 is 0 Å². The van der Waals surface area contributed by atoms with Crippen LogP contribution >= 0.6 is 0 Å². The minimum Gasteiger partial charge on any atom is -0.399 e. The van der Waals surface area contributed by atoms with E-state index in [2.05, 4.69) is 149 Å². The number of fused-ring (bicyclic) bond motifs is 6. The van der Waals surface area contributed by atoms with Crippen molar-refractivity contribution in [1.29, 1.82) is 0 Å². The second kappa shape index (κ2) is 8.74. The van der Waals surface area contributed by atoms with Gasteiger partial charge in [0.05, 0.1) is 11.2 Å². The van der Waals surface area contributed by atoms with Gasteiger partial charge in [-0.05, 0) is 112 Å². The SMILES string of the molecule is CC(C)(C)c1ccc2c(c1)C(C)(C)c1cc(-c3ccc4c(c3)C(C)(C)c3cc(B5OC(C)(C)C(C)(C)O5)ccc3-4)ccc1-2. The predicted molar refractivity (Wildman–Crippen MR) is 181 cm³/mol. The molecule has 4 aromatic carbocycles. The zero-order valence-electron chi connectivity index (χ0n) is 27.8. The summed E-state index contributed by atoms with van der Waals surface area (Å²) in [6.07, 6.45) is 0. The maximum atomic E-state index is 6.41. The van der Waals surface area contributed by atoms with Gasteiger partial charge in [0.1, 0.15) is 0 Å². The molecule has 2 nitrogen and oxygen atoms in total. The number of hydrogen-bond donors (Lipinski definition) is 0. The summed E-state index contributed by atoms with van der Waals surface area (Å²) in [4.78, 5) is 0. The Labute approximate surface area is 259 Å². The van der Waals surface area contributed by atoms with Gasteiger partial charge in [0, 0.05) is 10.8 Å². The summed E-state index contributed by atoms with van der Waals surface area (Å²) in [5.74, 6) is 0. The van der Waals surface area contributed by atoms with Gasteiger partial charge in [-0.15, -0.1) is 0 Å². The Morgan fingerprint density at radius 3 is 1.35 bits per heavy atom. The van der Waals surface area contributed by atoms with Gasteiger partial charge >= 0.3 is 7.12 Å². The number of rotatable bonds is 2. The topological polar surface area (TPSA) is 18.5 Å². The lowest BCUT2D eigenvalue weighted by Gasteiger charge is -2.32. The monoisotopic (exact) mass is 568 g/mol. The van der Waals surface area contributed by atoms with Gasteiger partial charge in [-0.1, -0.05) is 109 Å². The first kappa shape index (κ1) is 28.6. The maximum absolute atomic E-state index is 6.41. The third-order valence-corrected chi connectivity index (χ3v) is 11.1. The maximum Gasteiger partial charge on any atom is 0.494 e. The van der Waals surface area contributed by atoms with Crippen LogP contribution < -0.4 is 5.46 Å². The standard InChI is InChI=1S/C40H45BO2/c1-36(2,3)26-14-18-30-28-16-12-24(20-32(28)37(4,5)34(30)22-26)25-13-17-29-31-19-15-27(23-35(31)38(6,7)33(29)21-25)41-42-39(8,9)40(10,11)43-41/h12-23H,1-11H3. The minimum atomic E-state index is -0.358. The molecule has 2 aliphatic carbocycles. The fourth-order valence-corrected chi connectivity index (χ4v) is 7.44. The van der Waals surface area contributed by atoms with Crippen LogP contribution in [-0.2, 0) is 25.6 Å². The van der Waals surface area contributed by atoms with Crippen molar-refractivity contribution < 1.29 is 9.31 Å². The molecule has 0 radical (unpaired) electrons. The fraction of sp³-hybridized carbons (Fsp3) is 0.400. The summed E-state index contributed by atoms with van der Waals surface area (Å²) >= 11 is 0. The molecule has 0 spiro atoms. The van der Waals surface area contributed by atoms with Crippen LogP contribution in [0.5, 0.6) is 0 Å². The molecule has 1 heterocycles. The van der Waals surface area contributed by atoms with Crippen LogP contribution in [0, 0.1) is 0 Å². The quantitative estimate of drug-likeness (QED) is 0.224. The molecule has 0 amide bonds. The van der Waals surface area contributed by atoms with E-state index in [1.807, 2.05) is 0 Å². The molecule has 220 valence electrons. The minimum absolute atomic E-state index is 0.0436. The molecule has 4 aromatic rings. The van der Waals surface area contributed by atoms with Crippen molar-refractivity contribution in [3.63, 3.8) is 0 Å². The van der Waals surface area contributed by atoms with Crippen molar-refractivity contribution in [1.82, 2.24) is 0 Å². The van der Waals surface area contributed by atoms with Gasteiger partial charge in [0.2, 0.25) is 0 Å². The summed E-state index contributed by atoms with van der Waals surface area (Å²) in [7, 11) is -0.358. The highest BCUT2D eigenvalue weighted by atomic mass is 16.7. The van der Waals surface area contributed by atoms with E-state index in [4.69, 9.17) is 9.31 Å². The Balaban J connectivity index is 1.25. The summed E-state index contributed by atoms with van der Waals surface area (Å²) in [6, 6.07) is 28.0. The van der Waals surface area contributed by atoms with Gasteiger partial charge in [0.25, 0.3) is 0 Å². The smallest absolute Gasteiger partial charge is 0.399 e. The third kappa shape index (κ3) is 4.07. The van der Waals surface area contributed by atoms with Crippen LogP contribution in [0.1, 0.15) is 104 Å². The molecule has 3 heteroatoms. The summed E-state index contributed by atoms with van der Waals surface area (Å²) < 4.78 is 12.8. The van der Waals surface area contributed by atoms with Crippen LogP contribution in [0.2, 0.25) is 0 Å². The van der Waals surface area contributed by atoms with E-state index in [0.29, 0.717) is 0 Å². The Morgan fingerprint density at radius 2 is 0.884 bits per heavy atom. The zero-order valence-corrected chi connectivity index (χ0v) is 27.8. The highest BCUT2D eigenvalue weighted by Gasteiger charge is 2.52. The van der Waals surface area contributed by atoms with Crippen LogP contribution in [0.4, 0.5) is 0 Å². The first-order valence-electron chi connectivity index (χ1n) is 15.9. The van der Waals surface area contributed by atoms with E-state index in [-0.39, 0.29) is 34.6 Å². The van der Waals surface area contributed by atoms with Crippen LogP contribution in [0.25, 0.3) is 33.4 Å². The first-order chi connectivity index (χ1) is 19.9.